The number of hydrogen-bond donors (Lipinski definition) is 1. The first-order chi connectivity index (χ1) is 9.65. The summed E-state index contributed by atoms with van der Waals surface area (Å²) in [6, 6.07) is 5.43. The number of anilines is 1. The molecule has 2 amide bonds. The number of nitrogens with one attached hydrogen (secondary N) is 1. The summed E-state index contributed by atoms with van der Waals surface area (Å²) < 4.78 is 0. The molecule has 101 valence electrons. The highest BCUT2D eigenvalue weighted by molar-refractivity contribution is 6.08. The van der Waals surface area contributed by atoms with Crippen LogP contribution in [0.1, 0.15) is 17.3 Å². The van der Waals surface area contributed by atoms with E-state index in [0.717, 1.165) is 11.0 Å². The van der Waals surface area contributed by atoms with Gasteiger partial charge in [0.2, 0.25) is 6.29 Å². The van der Waals surface area contributed by atoms with Crippen LogP contribution in [0, 0.1) is 12.0 Å². The van der Waals surface area contributed by atoms with Crippen LogP contribution < -0.4 is 10.2 Å². The molecule has 6 nitrogen and oxygen atoms in total. The quantitative estimate of drug-likeness (QED) is 0.478. The van der Waals surface area contributed by atoms with Gasteiger partial charge in [-0.05, 0) is 25.1 Å². The van der Waals surface area contributed by atoms with Crippen molar-refractivity contribution in [2.45, 2.75) is 6.92 Å². The number of carbonyl (C=O) groups is 2. The normalized spacial score (nSPS) is 8.85. The highest BCUT2D eigenvalue weighted by atomic mass is 16.2. The molecule has 1 aromatic heterocycles. The summed E-state index contributed by atoms with van der Waals surface area (Å²) in [5.41, 5.74) is 0.126. The van der Waals surface area contributed by atoms with Gasteiger partial charge in [-0.1, -0.05) is 12.5 Å². The smallest absolute Gasteiger partial charge is 0.266 e. The predicted octanol–water partition coefficient (Wildman–Crippen LogP) is 0.421. The maximum atomic E-state index is 11.9. The molecule has 0 atom stereocenters. The molecule has 1 aromatic rings. The van der Waals surface area contributed by atoms with Crippen molar-refractivity contribution in [3.63, 3.8) is 0 Å². The minimum Gasteiger partial charge on any atom is -0.289 e. The third-order valence-corrected chi connectivity index (χ3v) is 2.25. The third kappa shape index (κ3) is 3.53. The van der Waals surface area contributed by atoms with Crippen LogP contribution in [-0.4, -0.2) is 29.6 Å². The molecule has 6 heteroatoms. The van der Waals surface area contributed by atoms with E-state index in [2.05, 4.69) is 28.8 Å². The van der Waals surface area contributed by atoms with Gasteiger partial charge in [0.05, 0.1) is 12.1 Å². The van der Waals surface area contributed by atoms with Crippen LogP contribution in [0.3, 0.4) is 0 Å². The monoisotopic (exact) mass is 270 g/mol. The second-order valence-corrected chi connectivity index (χ2v) is 3.48. The fourth-order valence-corrected chi connectivity index (χ4v) is 1.41. The zero-order valence-electron chi connectivity index (χ0n) is 10.8. The van der Waals surface area contributed by atoms with E-state index >= 15 is 0 Å². The largest absolute Gasteiger partial charge is 0.289 e. The van der Waals surface area contributed by atoms with Crippen LogP contribution >= 0.6 is 0 Å². The van der Waals surface area contributed by atoms with Gasteiger partial charge in [-0.2, -0.15) is 0 Å². The lowest BCUT2D eigenvalue weighted by atomic mass is 10.2. The lowest BCUT2D eigenvalue weighted by Crippen LogP contribution is -2.34. The highest BCUT2D eigenvalue weighted by Crippen LogP contribution is 2.17. The number of amides is 2. The van der Waals surface area contributed by atoms with E-state index in [-0.39, 0.29) is 17.9 Å². The van der Waals surface area contributed by atoms with E-state index in [9.17, 15) is 14.4 Å². The van der Waals surface area contributed by atoms with E-state index < -0.39 is 11.8 Å². The van der Waals surface area contributed by atoms with Crippen molar-refractivity contribution in [1.82, 2.24) is 10.3 Å². The van der Waals surface area contributed by atoms with Crippen LogP contribution in [-0.2, 0) is 9.59 Å². The Morgan fingerprint density at radius 2 is 2.30 bits per heavy atom. The Balaban J connectivity index is 3.23. The van der Waals surface area contributed by atoms with Gasteiger partial charge in [-0.15, -0.1) is 0 Å². The Kier molecular flexibility index (Phi) is 5.66. The molecule has 1 heterocycles. The van der Waals surface area contributed by atoms with Crippen LogP contribution in [0.4, 0.5) is 5.82 Å². The van der Waals surface area contributed by atoms with Gasteiger partial charge in [0.25, 0.3) is 11.8 Å². The maximum absolute atomic E-state index is 11.9. The molecule has 0 fully saturated rings. The molecule has 0 saturated heterocycles. The molecule has 1 N–H and O–H groups in total. The van der Waals surface area contributed by atoms with Crippen molar-refractivity contribution in [3.8, 4) is 12.0 Å². The van der Waals surface area contributed by atoms with Crippen LogP contribution in [0.15, 0.2) is 31.0 Å². The van der Waals surface area contributed by atoms with E-state index in [1.165, 1.54) is 12.3 Å². The van der Waals surface area contributed by atoms with Crippen molar-refractivity contribution in [3.05, 3.63) is 36.5 Å². The summed E-state index contributed by atoms with van der Waals surface area (Å²) in [7, 11) is 0. The van der Waals surface area contributed by atoms with Crippen LogP contribution in [0.5, 0.6) is 0 Å². The van der Waals surface area contributed by atoms with Gasteiger partial charge in [-0.25, -0.2) is 4.98 Å². The van der Waals surface area contributed by atoms with Gasteiger partial charge >= 0.3 is 0 Å². The number of nitrogens with zero attached hydrogens (tertiary/aromatic N) is 2. The number of aromatic nitrogens is 1. The van der Waals surface area contributed by atoms with E-state index in [1.807, 2.05) is 0 Å². The first kappa shape index (κ1) is 15.1. The second kappa shape index (κ2) is 7.48. The Labute approximate surface area is 116 Å². The van der Waals surface area contributed by atoms with Gasteiger partial charge in [-0.3, -0.25) is 24.6 Å². The molecular formula is C14H12N3O3. The number of pyridine rings is 1. The number of rotatable bonds is 5. The zero-order valence-corrected chi connectivity index (χ0v) is 10.8. The second-order valence-electron chi connectivity index (χ2n) is 3.48. The fourth-order valence-electron chi connectivity index (χ4n) is 1.41. The first-order valence-corrected chi connectivity index (χ1v) is 5.61. The van der Waals surface area contributed by atoms with Crippen molar-refractivity contribution < 1.29 is 14.4 Å². The van der Waals surface area contributed by atoms with Crippen LogP contribution in [0.25, 0.3) is 0 Å². The lowest BCUT2D eigenvalue weighted by Gasteiger charge is -2.19. The highest BCUT2D eigenvalue weighted by Gasteiger charge is 2.21. The minimum atomic E-state index is -0.553. The Bertz CT molecular complexity index is 599. The molecule has 0 saturated carbocycles. The van der Waals surface area contributed by atoms with Crippen molar-refractivity contribution >= 4 is 23.9 Å². The van der Waals surface area contributed by atoms with Gasteiger partial charge in [0.1, 0.15) is 5.82 Å². The lowest BCUT2D eigenvalue weighted by molar-refractivity contribution is -0.114. The summed E-state index contributed by atoms with van der Waals surface area (Å²) in [5.74, 6) is 1.50. The summed E-state index contributed by atoms with van der Waals surface area (Å²) in [6.07, 6.45) is 4.03. The summed E-state index contributed by atoms with van der Waals surface area (Å²) >= 11 is 0. The van der Waals surface area contributed by atoms with E-state index in [1.54, 1.807) is 19.3 Å². The van der Waals surface area contributed by atoms with E-state index in [4.69, 9.17) is 0 Å². The predicted molar refractivity (Wildman–Crippen MR) is 73.4 cm³/mol. The fraction of sp³-hybridized carbons (Fsp3) is 0.143. The molecule has 0 spiro atoms. The van der Waals surface area contributed by atoms with Crippen molar-refractivity contribution in [2.24, 2.45) is 0 Å². The molecule has 0 bridgehead atoms. The van der Waals surface area contributed by atoms with Crippen LogP contribution in [0.2, 0.25) is 0 Å². The average Bonchev–Trinajstić information content (AvgIpc) is 2.49. The topological polar surface area (TPSA) is 79.4 Å². The molecule has 0 aliphatic carbocycles. The molecule has 0 aromatic carbocycles. The molecule has 0 unspecified atom stereocenters. The maximum Gasteiger partial charge on any atom is 0.266 e. The van der Waals surface area contributed by atoms with Gasteiger partial charge < -0.3 is 0 Å². The number of carbonyl (C=O) groups excluding carboxylic acids is 3. The summed E-state index contributed by atoms with van der Waals surface area (Å²) in [4.78, 5) is 39.2. The number of hydrogen-bond acceptors (Lipinski definition) is 4. The summed E-state index contributed by atoms with van der Waals surface area (Å²) in [6.45, 7) is 4.56. The van der Waals surface area contributed by atoms with E-state index in [0.29, 0.717) is 0 Å². The van der Waals surface area contributed by atoms with Crippen molar-refractivity contribution in [1.29, 1.82) is 0 Å². The zero-order chi connectivity index (χ0) is 15.0. The average molecular weight is 270 g/mol. The third-order valence-electron chi connectivity index (χ3n) is 2.25. The molecule has 0 aliphatic rings. The molecule has 1 rings (SSSR count). The summed E-state index contributed by atoms with van der Waals surface area (Å²) in [5, 5.41) is 2.34. The molecular weight excluding hydrogens is 258 g/mol. The Morgan fingerprint density at radius 3 is 2.90 bits per heavy atom. The molecule has 20 heavy (non-hydrogen) atoms. The molecule has 1 radical (unpaired) electrons. The SMILES string of the molecule is C=CC(=O)N(C[C]=O)c1ncccc1C(=O)NC#CC. The minimum absolute atomic E-state index is 0.0520. The van der Waals surface area contributed by atoms with Gasteiger partial charge in [0, 0.05) is 12.2 Å². The van der Waals surface area contributed by atoms with Gasteiger partial charge in [0.15, 0.2) is 0 Å². The van der Waals surface area contributed by atoms with Crippen molar-refractivity contribution in [2.75, 3.05) is 11.4 Å². The Morgan fingerprint density at radius 1 is 1.55 bits per heavy atom. The Hall–Kier alpha value is -2.94. The molecule has 0 aliphatic heterocycles. The first-order valence-electron chi connectivity index (χ1n) is 5.61. The standard InChI is InChI=1S/C14H12N3O3/c1-3-7-16-14(20)11-6-5-8-15-13(11)17(9-10-18)12(19)4-2/h4-6,8H,2,9H2,1H3,(H,16,20).